The predicted octanol–water partition coefficient (Wildman–Crippen LogP) is 1.92. The second kappa shape index (κ2) is 8.75. The Balaban J connectivity index is 1.31. The molecule has 0 saturated carbocycles. The first-order valence-electron chi connectivity index (χ1n) is 9.02. The molecule has 0 unspecified atom stereocenters. The van der Waals surface area contributed by atoms with Crippen LogP contribution in [0.25, 0.3) is 0 Å². The van der Waals surface area contributed by atoms with Crippen LogP contribution in [0.2, 0.25) is 0 Å². The number of carbonyl (C=O) groups excluding carboxylic acids is 1. The molecule has 7 nitrogen and oxygen atoms in total. The molecule has 0 spiro atoms. The smallest absolute Gasteiger partial charge is 0.244 e. The van der Waals surface area contributed by atoms with Gasteiger partial charge in [-0.15, -0.1) is 5.10 Å². The number of aromatic nitrogens is 3. The van der Waals surface area contributed by atoms with Crippen LogP contribution in [-0.2, 0) is 0 Å². The standard InChI is InChI=1S/C18H25FN6O/c19-16-5-3-15(4-6-16)17(26)2-1-9-24-10-7-14(8-11-24)12-21-18-22-13-25(20)23-18/h3-6,13-14H,1-2,7-12,20H2,(H,21,23). The van der Waals surface area contributed by atoms with E-state index in [1.54, 1.807) is 12.1 Å². The van der Waals surface area contributed by atoms with Gasteiger partial charge in [0.25, 0.3) is 0 Å². The molecule has 2 heterocycles. The van der Waals surface area contributed by atoms with E-state index in [-0.39, 0.29) is 11.6 Å². The van der Waals surface area contributed by atoms with Crippen LogP contribution in [0.4, 0.5) is 10.3 Å². The van der Waals surface area contributed by atoms with Crippen molar-refractivity contribution in [2.45, 2.75) is 25.7 Å². The molecule has 1 aromatic heterocycles. The SMILES string of the molecule is Nn1cnc(NCC2CCN(CCCC(=O)c3ccc(F)cc3)CC2)n1. The van der Waals surface area contributed by atoms with E-state index < -0.39 is 0 Å². The summed E-state index contributed by atoms with van der Waals surface area (Å²) in [7, 11) is 0. The van der Waals surface area contributed by atoms with Gasteiger partial charge in [0.2, 0.25) is 5.95 Å². The molecule has 8 heteroatoms. The van der Waals surface area contributed by atoms with Crippen LogP contribution < -0.4 is 11.2 Å². The maximum Gasteiger partial charge on any atom is 0.244 e. The Bertz CT molecular complexity index is 709. The van der Waals surface area contributed by atoms with Crippen LogP contribution in [0.15, 0.2) is 30.6 Å². The van der Waals surface area contributed by atoms with Gasteiger partial charge >= 0.3 is 0 Å². The number of halogens is 1. The van der Waals surface area contributed by atoms with Crippen molar-refractivity contribution in [2.75, 3.05) is 37.3 Å². The minimum atomic E-state index is -0.314. The highest BCUT2D eigenvalue weighted by molar-refractivity contribution is 5.95. The lowest BCUT2D eigenvalue weighted by molar-refractivity contribution is 0.0970. The average molecular weight is 360 g/mol. The first kappa shape index (κ1) is 18.3. The molecule has 1 aliphatic heterocycles. The molecular formula is C18H25FN6O. The number of anilines is 1. The van der Waals surface area contributed by atoms with Gasteiger partial charge in [0.15, 0.2) is 5.78 Å². The third-order valence-corrected chi connectivity index (χ3v) is 4.81. The van der Waals surface area contributed by atoms with Gasteiger partial charge in [-0.05, 0) is 69.1 Å². The first-order valence-corrected chi connectivity index (χ1v) is 9.02. The Labute approximate surface area is 152 Å². The van der Waals surface area contributed by atoms with Gasteiger partial charge in [-0.3, -0.25) is 4.79 Å². The predicted molar refractivity (Wildman–Crippen MR) is 97.8 cm³/mol. The Kier molecular flexibility index (Phi) is 6.17. The summed E-state index contributed by atoms with van der Waals surface area (Å²) in [5.41, 5.74) is 0.588. The summed E-state index contributed by atoms with van der Waals surface area (Å²) < 4.78 is 12.9. The highest BCUT2D eigenvalue weighted by Crippen LogP contribution is 2.18. The Morgan fingerprint density at radius 3 is 2.65 bits per heavy atom. The summed E-state index contributed by atoms with van der Waals surface area (Å²) in [6, 6.07) is 5.77. The maximum absolute atomic E-state index is 12.9. The van der Waals surface area contributed by atoms with Crippen molar-refractivity contribution < 1.29 is 9.18 Å². The van der Waals surface area contributed by atoms with E-state index in [0.717, 1.165) is 45.4 Å². The molecule has 26 heavy (non-hydrogen) atoms. The lowest BCUT2D eigenvalue weighted by Crippen LogP contribution is -2.36. The summed E-state index contributed by atoms with van der Waals surface area (Å²) >= 11 is 0. The van der Waals surface area contributed by atoms with Gasteiger partial charge in [0.1, 0.15) is 12.1 Å². The number of ketones is 1. The number of nitrogens with two attached hydrogens (primary N) is 1. The van der Waals surface area contributed by atoms with Crippen molar-refractivity contribution in [2.24, 2.45) is 5.92 Å². The highest BCUT2D eigenvalue weighted by atomic mass is 19.1. The molecule has 3 rings (SSSR count). The molecule has 1 aliphatic rings. The van der Waals surface area contributed by atoms with E-state index in [1.807, 2.05) is 0 Å². The zero-order chi connectivity index (χ0) is 18.4. The summed E-state index contributed by atoms with van der Waals surface area (Å²) in [5.74, 6) is 6.40. The summed E-state index contributed by atoms with van der Waals surface area (Å²) in [4.78, 5) is 19.8. The second-order valence-corrected chi connectivity index (χ2v) is 6.75. The normalized spacial score (nSPS) is 15.9. The van der Waals surface area contributed by atoms with Crippen molar-refractivity contribution in [3.8, 4) is 0 Å². The quantitative estimate of drug-likeness (QED) is 0.552. The van der Waals surface area contributed by atoms with Crippen LogP contribution in [0.3, 0.4) is 0 Å². The van der Waals surface area contributed by atoms with Crippen molar-refractivity contribution >= 4 is 11.7 Å². The van der Waals surface area contributed by atoms with E-state index in [9.17, 15) is 9.18 Å². The van der Waals surface area contributed by atoms with Crippen molar-refractivity contribution in [3.05, 3.63) is 42.0 Å². The fourth-order valence-electron chi connectivity index (χ4n) is 3.25. The van der Waals surface area contributed by atoms with Crippen LogP contribution in [-0.4, -0.2) is 51.7 Å². The molecule has 0 aliphatic carbocycles. The lowest BCUT2D eigenvalue weighted by atomic mass is 9.96. The molecule has 0 amide bonds. The monoisotopic (exact) mass is 360 g/mol. The number of rotatable bonds is 8. The van der Waals surface area contributed by atoms with Crippen molar-refractivity contribution in [1.29, 1.82) is 0 Å². The summed E-state index contributed by atoms with van der Waals surface area (Å²) in [6.07, 6.45) is 5.03. The third-order valence-electron chi connectivity index (χ3n) is 4.81. The summed E-state index contributed by atoms with van der Waals surface area (Å²) in [6.45, 7) is 3.85. The minimum absolute atomic E-state index is 0.0796. The van der Waals surface area contributed by atoms with Gasteiger partial charge in [-0.25, -0.2) is 4.39 Å². The average Bonchev–Trinajstić information content (AvgIpc) is 3.07. The van der Waals surface area contributed by atoms with Crippen LogP contribution in [0.1, 0.15) is 36.0 Å². The van der Waals surface area contributed by atoms with Gasteiger partial charge < -0.3 is 16.1 Å². The van der Waals surface area contributed by atoms with E-state index in [2.05, 4.69) is 20.3 Å². The topological polar surface area (TPSA) is 89.1 Å². The number of hydrogen-bond donors (Lipinski definition) is 2. The van der Waals surface area contributed by atoms with Gasteiger partial charge in [0, 0.05) is 18.5 Å². The molecule has 0 bridgehead atoms. The van der Waals surface area contributed by atoms with Crippen LogP contribution >= 0.6 is 0 Å². The Morgan fingerprint density at radius 1 is 1.27 bits per heavy atom. The number of nitrogen functional groups attached to an aromatic ring is 1. The number of carbonyl (C=O) groups is 1. The number of hydrogen-bond acceptors (Lipinski definition) is 6. The Hall–Kier alpha value is -2.48. The first-order chi connectivity index (χ1) is 12.6. The largest absolute Gasteiger partial charge is 0.353 e. The van der Waals surface area contributed by atoms with Crippen LogP contribution in [0.5, 0.6) is 0 Å². The molecule has 140 valence electrons. The zero-order valence-corrected chi connectivity index (χ0v) is 14.8. The fourth-order valence-corrected chi connectivity index (χ4v) is 3.25. The second-order valence-electron chi connectivity index (χ2n) is 6.75. The molecule has 0 atom stereocenters. The summed E-state index contributed by atoms with van der Waals surface area (Å²) in [5, 5.41) is 7.22. The van der Waals surface area contributed by atoms with E-state index in [0.29, 0.717) is 23.9 Å². The lowest BCUT2D eigenvalue weighted by Gasteiger charge is -2.31. The van der Waals surface area contributed by atoms with Gasteiger partial charge in [0.05, 0.1) is 0 Å². The number of benzene rings is 1. The molecule has 2 aromatic rings. The Morgan fingerprint density at radius 2 is 2.00 bits per heavy atom. The van der Waals surface area contributed by atoms with Crippen molar-refractivity contribution in [1.82, 2.24) is 19.8 Å². The fraction of sp³-hybridized carbons (Fsp3) is 0.500. The zero-order valence-electron chi connectivity index (χ0n) is 14.8. The molecular weight excluding hydrogens is 335 g/mol. The number of likely N-dealkylation sites (tertiary alicyclic amines) is 1. The van der Waals surface area contributed by atoms with Gasteiger partial charge in [-0.1, -0.05) is 0 Å². The van der Waals surface area contributed by atoms with E-state index in [4.69, 9.17) is 5.84 Å². The van der Waals surface area contributed by atoms with Gasteiger partial charge in [-0.2, -0.15) is 9.77 Å². The number of nitrogens with one attached hydrogen (secondary N) is 1. The molecule has 1 saturated heterocycles. The molecule has 1 aromatic carbocycles. The van der Waals surface area contributed by atoms with Crippen molar-refractivity contribution in [3.63, 3.8) is 0 Å². The van der Waals surface area contributed by atoms with E-state index in [1.165, 1.54) is 23.3 Å². The number of piperidine rings is 1. The number of Topliss-reactive ketones (excluding diaryl/α,β-unsaturated/α-hetero) is 1. The third kappa shape index (κ3) is 5.26. The van der Waals surface area contributed by atoms with E-state index >= 15 is 0 Å². The van der Waals surface area contributed by atoms with Crippen LogP contribution in [0, 0.1) is 11.7 Å². The molecule has 1 fully saturated rings. The number of nitrogens with zero attached hydrogens (tertiary/aromatic N) is 4. The molecule has 3 N–H and O–H groups in total. The highest BCUT2D eigenvalue weighted by Gasteiger charge is 2.19. The maximum atomic E-state index is 12.9. The minimum Gasteiger partial charge on any atom is -0.353 e. The molecule has 0 radical (unpaired) electrons.